The van der Waals surface area contributed by atoms with Gasteiger partial charge in [0.05, 0.1) is 10.3 Å². The summed E-state index contributed by atoms with van der Waals surface area (Å²) in [5.41, 5.74) is 1.84. The topological polar surface area (TPSA) is 66.4 Å². The quantitative estimate of drug-likeness (QED) is 0.682. The molecule has 0 atom stereocenters. The number of aromatic nitrogens is 2. The maximum absolute atomic E-state index is 12.9. The van der Waals surface area contributed by atoms with E-state index < -0.39 is 0 Å². The molecule has 1 aliphatic rings. The van der Waals surface area contributed by atoms with E-state index in [1.165, 1.54) is 16.4 Å². The van der Waals surface area contributed by atoms with E-state index in [2.05, 4.69) is 9.59 Å². The van der Waals surface area contributed by atoms with Crippen LogP contribution in [0.1, 0.15) is 27.1 Å². The largest absolute Gasteiger partial charge is 0.309 e. The maximum atomic E-state index is 12.9. The number of carbonyl (C=O) groups excluding carboxylic acids is 2. The van der Waals surface area contributed by atoms with Crippen molar-refractivity contribution in [2.75, 3.05) is 27.2 Å². The molecule has 0 bridgehead atoms. The van der Waals surface area contributed by atoms with Crippen molar-refractivity contribution in [1.29, 1.82) is 0 Å². The van der Waals surface area contributed by atoms with Crippen LogP contribution in [-0.4, -0.2) is 58.4 Å². The molecule has 2 amide bonds. The van der Waals surface area contributed by atoms with Crippen LogP contribution < -0.4 is 0 Å². The maximum Gasteiger partial charge on any atom is 0.261 e. The van der Waals surface area contributed by atoms with Crippen molar-refractivity contribution in [3.63, 3.8) is 0 Å². The normalized spacial score (nSPS) is 14.4. The van der Waals surface area contributed by atoms with Gasteiger partial charge in [-0.25, -0.2) is 0 Å². The van der Waals surface area contributed by atoms with E-state index in [9.17, 15) is 9.59 Å². The zero-order chi connectivity index (χ0) is 16.8. The van der Waals surface area contributed by atoms with Gasteiger partial charge in [0.25, 0.3) is 11.8 Å². The fourth-order valence-electron chi connectivity index (χ4n) is 3.20. The predicted molar refractivity (Wildman–Crippen MR) is 93.5 cm³/mol. The van der Waals surface area contributed by atoms with Gasteiger partial charge in [0.15, 0.2) is 0 Å². The second kappa shape index (κ2) is 5.61. The third-order valence-corrected chi connectivity index (χ3v) is 5.09. The van der Waals surface area contributed by atoms with Gasteiger partial charge in [-0.2, -0.15) is 0 Å². The van der Waals surface area contributed by atoms with E-state index in [-0.39, 0.29) is 11.8 Å². The Hall–Kier alpha value is -2.38. The van der Waals surface area contributed by atoms with E-state index in [1.54, 1.807) is 12.1 Å². The van der Waals surface area contributed by atoms with E-state index in [0.717, 1.165) is 28.4 Å². The summed E-state index contributed by atoms with van der Waals surface area (Å²) in [6.45, 7) is 1.24. The molecule has 6 nitrogen and oxygen atoms in total. The molecule has 1 aromatic heterocycles. The van der Waals surface area contributed by atoms with Gasteiger partial charge in [0, 0.05) is 22.9 Å². The van der Waals surface area contributed by atoms with E-state index >= 15 is 0 Å². The number of hydrogen-bond acceptors (Lipinski definition) is 6. The first-order chi connectivity index (χ1) is 11.6. The SMILES string of the molecule is CN(C)CCCN1C(=O)c2cccc3c2c(cc2nnsc23)C1=O. The van der Waals surface area contributed by atoms with E-state index in [1.807, 2.05) is 31.1 Å². The summed E-state index contributed by atoms with van der Waals surface area (Å²) in [5, 5.41) is 5.71. The summed E-state index contributed by atoms with van der Waals surface area (Å²) in [7, 11) is 3.95. The third-order valence-electron chi connectivity index (χ3n) is 4.31. The highest BCUT2D eigenvalue weighted by molar-refractivity contribution is 7.14. The fourth-order valence-corrected chi connectivity index (χ4v) is 3.87. The average Bonchev–Trinajstić information content (AvgIpc) is 3.04. The Morgan fingerprint density at radius 2 is 1.96 bits per heavy atom. The molecule has 0 fully saturated rings. The first-order valence-corrected chi connectivity index (χ1v) is 8.54. The molecule has 0 N–H and O–H groups in total. The Morgan fingerprint density at radius 3 is 2.75 bits per heavy atom. The number of imide groups is 1. The van der Waals surface area contributed by atoms with Crippen LogP contribution in [0, 0.1) is 0 Å². The van der Waals surface area contributed by atoms with Crippen molar-refractivity contribution in [3.05, 3.63) is 35.4 Å². The van der Waals surface area contributed by atoms with Gasteiger partial charge >= 0.3 is 0 Å². The molecule has 24 heavy (non-hydrogen) atoms. The van der Waals surface area contributed by atoms with Gasteiger partial charge in [-0.1, -0.05) is 16.6 Å². The molecule has 2 aromatic carbocycles. The minimum absolute atomic E-state index is 0.214. The second-order valence-corrected chi connectivity index (χ2v) is 6.95. The number of carbonyl (C=O) groups is 2. The lowest BCUT2D eigenvalue weighted by Crippen LogP contribution is -2.41. The molecule has 0 saturated heterocycles. The van der Waals surface area contributed by atoms with Gasteiger partial charge in [-0.15, -0.1) is 5.10 Å². The molecule has 1 aliphatic heterocycles. The van der Waals surface area contributed by atoms with Gasteiger partial charge in [0.2, 0.25) is 0 Å². The smallest absolute Gasteiger partial charge is 0.261 e. The van der Waals surface area contributed by atoms with Crippen molar-refractivity contribution < 1.29 is 9.59 Å². The van der Waals surface area contributed by atoms with Crippen LogP contribution in [0.5, 0.6) is 0 Å². The summed E-state index contributed by atoms with van der Waals surface area (Å²) in [6, 6.07) is 7.33. The van der Waals surface area contributed by atoms with Gasteiger partial charge in [-0.3, -0.25) is 14.5 Å². The summed E-state index contributed by atoms with van der Waals surface area (Å²) in [6.07, 6.45) is 0.746. The lowest BCUT2D eigenvalue weighted by Gasteiger charge is -2.27. The van der Waals surface area contributed by atoms with Crippen molar-refractivity contribution in [1.82, 2.24) is 19.4 Å². The third kappa shape index (κ3) is 2.20. The number of rotatable bonds is 4. The first-order valence-electron chi connectivity index (χ1n) is 7.76. The summed E-state index contributed by atoms with van der Waals surface area (Å²) < 4.78 is 4.90. The van der Waals surface area contributed by atoms with Crippen molar-refractivity contribution in [2.45, 2.75) is 6.42 Å². The highest BCUT2D eigenvalue weighted by Gasteiger charge is 2.33. The Morgan fingerprint density at radius 1 is 1.17 bits per heavy atom. The molecule has 3 aromatic rings. The number of nitrogens with zero attached hydrogens (tertiary/aromatic N) is 4. The zero-order valence-electron chi connectivity index (χ0n) is 13.4. The lowest BCUT2D eigenvalue weighted by molar-refractivity contribution is 0.0606. The molecule has 0 aliphatic carbocycles. The second-order valence-electron chi connectivity index (χ2n) is 6.19. The fraction of sp³-hybridized carbons (Fsp3) is 0.294. The standard InChI is InChI=1S/C17H16N4O2S/c1-20(2)7-4-8-21-16(22)11-6-3-5-10-14(11)12(17(21)23)9-13-15(10)24-19-18-13/h3,5-6,9H,4,7-8H2,1-2H3. The predicted octanol–water partition coefficient (Wildman–Crippen LogP) is 2.39. The van der Waals surface area contributed by atoms with Crippen molar-refractivity contribution in [2.24, 2.45) is 0 Å². The summed E-state index contributed by atoms with van der Waals surface area (Å²) in [4.78, 5) is 29.1. The molecule has 4 rings (SSSR count). The van der Waals surface area contributed by atoms with Crippen LogP contribution in [0.4, 0.5) is 0 Å². The Kier molecular flexibility index (Phi) is 3.54. The molecular weight excluding hydrogens is 324 g/mol. The molecule has 2 heterocycles. The minimum atomic E-state index is -0.239. The molecule has 122 valence electrons. The van der Waals surface area contributed by atoms with Crippen LogP contribution in [-0.2, 0) is 0 Å². The number of hydrogen-bond donors (Lipinski definition) is 0. The highest BCUT2D eigenvalue weighted by atomic mass is 32.1. The highest BCUT2D eigenvalue weighted by Crippen LogP contribution is 2.36. The number of fused-ring (bicyclic) bond motifs is 2. The molecule has 0 spiro atoms. The number of benzene rings is 2. The van der Waals surface area contributed by atoms with Crippen LogP contribution in [0.2, 0.25) is 0 Å². The Balaban J connectivity index is 1.85. The zero-order valence-corrected chi connectivity index (χ0v) is 14.3. The average molecular weight is 340 g/mol. The van der Waals surface area contributed by atoms with E-state index in [4.69, 9.17) is 0 Å². The van der Waals surface area contributed by atoms with Gasteiger partial charge in [0.1, 0.15) is 5.52 Å². The van der Waals surface area contributed by atoms with Crippen molar-refractivity contribution in [3.8, 4) is 0 Å². The lowest BCUT2D eigenvalue weighted by atomic mass is 9.93. The summed E-state index contributed by atoms with van der Waals surface area (Å²) >= 11 is 1.29. The molecular formula is C17H16N4O2S. The van der Waals surface area contributed by atoms with Crippen LogP contribution in [0.25, 0.3) is 21.0 Å². The number of amides is 2. The van der Waals surface area contributed by atoms with Crippen LogP contribution in [0.3, 0.4) is 0 Å². The Bertz CT molecular complexity index is 979. The Labute approximate surface area is 142 Å². The van der Waals surface area contributed by atoms with Crippen molar-refractivity contribution >= 4 is 44.3 Å². The van der Waals surface area contributed by atoms with Gasteiger partial charge < -0.3 is 4.90 Å². The first kappa shape index (κ1) is 15.2. The van der Waals surface area contributed by atoms with Crippen LogP contribution >= 0.6 is 11.5 Å². The van der Waals surface area contributed by atoms with Crippen LogP contribution in [0.15, 0.2) is 24.3 Å². The minimum Gasteiger partial charge on any atom is -0.309 e. The molecule has 0 unspecified atom stereocenters. The molecule has 7 heteroatoms. The molecule has 0 saturated carbocycles. The molecule has 0 radical (unpaired) electrons. The monoisotopic (exact) mass is 340 g/mol. The van der Waals surface area contributed by atoms with Gasteiger partial charge in [-0.05, 0) is 50.7 Å². The van der Waals surface area contributed by atoms with E-state index in [0.29, 0.717) is 23.2 Å². The summed E-state index contributed by atoms with van der Waals surface area (Å²) in [5.74, 6) is -0.453.